The van der Waals surface area contributed by atoms with Crippen LogP contribution in [0.3, 0.4) is 0 Å². The second-order valence-electron chi connectivity index (χ2n) is 8.99. The van der Waals surface area contributed by atoms with Crippen LogP contribution in [0.5, 0.6) is 5.75 Å². The number of rotatable bonds is 6. The molecule has 6 rings (SSSR count). The molecule has 4 aromatic carbocycles. The first-order valence-electron chi connectivity index (χ1n) is 12.0. The van der Waals surface area contributed by atoms with Crippen molar-refractivity contribution in [3.05, 3.63) is 125 Å². The second-order valence-corrected chi connectivity index (χ2v) is 9.43. The number of fused-ring (bicyclic) bond motifs is 1. The highest BCUT2D eigenvalue weighted by molar-refractivity contribution is 6.31. The molecule has 2 heterocycles. The van der Waals surface area contributed by atoms with Crippen LogP contribution in [0, 0.1) is 5.92 Å². The van der Waals surface area contributed by atoms with Gasteiger partial charge in [0.25, 0.3) is 5.91 Å². The van der Waals surface area contributed by atoms with Gasteiger partial charge in [0, 0.05) is 5.02 Å². The molecule has 3 atom stereocenters. The summed E-state index contributed by atoms with van der Waals surface area (Å²) < 4.78 is 5.95. The summed E-state index contributed by atoms with van der Waals surface area (Å²) in [4.78, 5) is 34.5. The molecule has 0 N–H and O–H groups in total. The number of carbonyl (C=O) groups is 2. The van der Waals surface area contributed by atoms with Crippen molar-refractivity contribution in [3.8, 4) is 5.75 Å². The molecule has 0 aliphatic carbocycles. The van der Waals surface area contributed by atoms with Crippen molar-refractivity contribution in [2.75, 3.05) is 9.96 Å². The zero-order valence-corrected chi connectivity index (χ0v) is 20.5. The van der Waals surface area contributed by atoms with Gasteiger partial charge in [-0.25, -0.2) is 9.96 Å². The van der Waals surface area contributed by atoms with Crippen LogP contribution in [0.4, 0.5) is 11.4 Å². The van der Waals surface area contributed by atoms with Gasteiger partial charge in [-0.1, -0.05) is 78.3 Å². The summed E-state index contributed by atoms with van der Waals surface area (Å²) in [5.41, 5.74) is 3.12. The third-order valence-electron chi connectivity index (χ3n) is 6.66. The van der Waals surface area contributed by atoms with Crippen LogP contribution in [0.2, 0.25) is 5.02 Å². The molecule has 2 fully saturated rings. The molecular formula is C30H23ClN2O4. The number of hydrogen-bond donors (Lipinski definition) is 0. The molecule has 0 aromatic heterocycles. The van der Waals surface area contributed by atoms with Gasteiger partial charge in [0.15, 0.2) is 6.10 Å². The van der Waals surface area contributed by atoms with Crippen molar-refractivity contribution in [2.24, 2.45) is 5.92 Å². The summed E-state index contributed by atoms with van der Waals surface area (Å²) in [6, 6.07) is 33.3. The van der Waals surface area contributed by atoms with E-state index in [-0.39, 0.29) is 5.91 Å². The number of hydroxylamine groups is 1. The molecule has 2 amide bonds. The van der Waals surface area contributed by atoms with Crippen molar-refractivity contribution >= 4 is 34.8 Å². The molecule has 0 radical (unpaired) electrons. The van der Waals surface area contributed by atoms with Crippen LogP contribution in [0.1, 0.15) is 17.2 Å². The fourth-order valence-corrected chi connectivity index (χ4v) is 5.11. The van der Waals surface area contributed by atoms with E-state index in [9.17, 15) is 9.59 Å². The topological polar surface area (TPSA) is 59.1 Å². The highest BCUT2D eigenvalue weighted by Gasteiger charge is 2.60. The Morgan fingerprint density at radius 2 is 1.43 bits per heavy atom. The van der Waals surface area contributed by atoms with Gasteiger partial charge in [0.05, 0.1) is 17.4 Å². The lowest BCUT2D eigenvalue weighted by molar-refractivity contribution is -0.126. The van der Waals surface area contributed by atoms with Gasteiger partial charge in [-0.3, -0.25) is 14.4 Å². The normalized spacial score (nSPS) is 20.8. The highest BCUT2D eigenvalue weighted by Crippen LogP contribution is 2.47. The van der Waals surface area contributed by atoms with E-state index in [2.05, 4.69) is 0 Å². The van der Waals surface area contributed by atoms with E-state index in [0.717, 1.165) is 16.8 Å². The quantitative estimate of drug-likeness (QED) is 0.299. The Labute approximate surface area is 219 Å². The summed E-state index contributed by atoms with van der Waals surface area (Å²) in [7, 11) is 0. The number of para-hydroxylation sites is 1. The van der Waals surface area contributed by atoms with Crippen molar-refractivity contribution in [2.45, 2.75) is 18.8 Å². The average molecular weight is 511 g/mol. The number of hydrogen-bond acceptors (Lipinski definition) is 5. The molecule has 4 aromatic rings. The minimum absolute atomic E-state index is 0.315. The fraction of sp³-hybridized carbons (Fsp3) is 0.133. The molecule has 184 valence electrons. The SMILES string of the molecule is O=C1[C@@H]2[C@@H](ON(c3ccccc3)[C@H]2c2ccc(OCc3ccccc3)cc2)C(=O)N1c1cccc(Cl)c1. The maximum Gasteiger partial charge on any atom is 0.266 e. The zero-order chi connectivity index (χ0) is 25.4. The standard InChI is InChI=1S/C30H23ClN2O4/c31-22-10-7-13-24(18-22)32-29(34)26-27(33(37-28(26)30(32)35)23-11-5-2-6-12-23)21-14-16-25(17-15-21)36-19-20-8-3-1-4-9-20/h1-18,26-28H,19H2/t26-,27-,28+/m0/s1. The number of imide groups is 1. The number of amides is 2. The summed E-state index contributed by atoms with van der Waals surface area (Å²) in [6.45, 7) is 0.454. The molecule has 2 saturated heterocycles. The minimum Gasteiger partial charge on any atom is -0.489 e. The van der Waals surface area contributed by atoms with Crippen molar-refractivity contribution in [1.29, 1.82) is 0 Å². The predicted octanol–water partition coefficient (Wildman–Crippen LogP) is 5.97. The third kappa shape index (κ3) is 4.35. The smallest absolute Gasteiger partial charge is 0.266 e. The maximum atomic E-state index is 13.7. The summed E-state index contributed by atoms with van der Waals surface area (Å²) in [6.07, 6.45) is -0.939. The first kappa shape index (κ1) is 23.3. The Bertz CT molecular complexity index is 1430. The van der Waals surface area contributed by atoms with E-state index in [1.807, 2.05) is 84.9 Å². The van der Waals surface area contributed by atoms with Crippen LogP contribution in [-0.4, -0.2) is 17.9 Å². The van der Waals surface area contributed by atoms with E-state index >= 15 is 0 Å². The molecule has 6 nitrogen and oxygen atoms in total. The maximum absolute atomic E-state index is 13.7. The number of ether oxygens (including phenoxy) is 1. The zero-order valence-electron chi connectivity index (χ0n) is 19.7. The van der Waals surface area contributed by atoms with Gasteiger partial charge in [0.1, 0.15) is 18.3 Å². The Hall–Kier alpha value is -4.13. The summed E-state index contributed by atoms with van der Waals surface area (Å²) in [5, 5.41) is 2.13. The third-order valence-corrected chi connectivity index (χ3v) is 6.90. The first-order valence-corrected chi connectivity index (χ1v) is 12.4. The number of anilines is 2. The Kier molecular flexibility index (Phi) is 6.12. The number of halogens is 1. The van der Waals surface area contributed by atoms with E-state index in [4.69, 9.17) is 21.2 Å². The Balaban J connectivity index is 1.32. The van der Waals surface area contributed by atoms with Crippen LogP contribution in [-0.2, 0) is 21.0 Å². The van der Waals surface area contributed by atoms with E-state index in [1.54, 1.807) is 29.3 Å². The lowest BCUT2D eigenvalue weighted by atomic mass is 9.90. The second kappa shape index (κ2) is 9.73. The molecule has 2 aliphatic rings. The van der Waals surface area contributed by atoms with Crippen LogP contribution in [0.25, 0.3) is 0 Å². The van der Waals surface area contributed by atoms with Crippen molar-refractivity contribution in [3.63, 3.8) is 0 Å². The van der Waals surface area contributed by atoms with Gasteiger partial charge in [-0.15, -0.1) is 0 Å². The molecule has 0 spiro atoms. The molecular weight excluding hydrogens is 488 g/mol. The number of nitrogens with zero attached hydrogens (tertiary/aromatic N) is 2. The van der Waals surface area contributed by atoms with Gasteiger partial charge in [0.2, 0.25) is 5.91 Å². The Morgan fingerprint density at radius 3 is 2.14 bits per heavy atom. The molecule has 7 heteroatoms. The van der Waals surface area contributed by atoms with Gasteiger partial charge in [-0.2, -0.15) is 0 Å². The van der Waals surface area contributed by atoms with E-state index in [1.165, 1.54) is 4.90 Å². The summed E-state index contributed by atoms with van der Waals surface area (Å²) in [5.74, 6) is -0.722. The van der Waals surface area contributed by atoms with Crippen LogP contribution < -0.4 is 14.7 Å². The van der Waals surface area contributed by atoms with Gasteiger partial charge >= 0.3 is 0 Å². The van der Waals surface area contributed by atoms with E-state index in [0.29, 0.717) is 23.1 Å². The highest BCUT2D eigenvalue weighted by atomic mass is 35.5. The fourth-order valence-electron chi connectivity index (χ4n) is 4.92. The largest absolute Gasteiger partial charge is 0.489 e. The molecule has 2 aliphatic heterocycles. The minimum atomic E-state index is -0.939. The van der Waals surface area contributed by atoms with Gasteiger partial charge in [-0.05, 0) is 53.6 Å². The number of carbonyl (C=O) groups excluding carboxylic acids is 2. The van der Waals surface area contributed by atoms with E-state index < -0.39 is 24.0 Å². The van der Waals surface area contributed by atoms with Crippen LogP contribution >= 0.6 is 11.6 Å². The van der Waals surface area contributed by atoms with Gasteiger partial charge < -0.3 is 4.74 Å². The monoisotopic (exact) mass is 510 g/mol. The first-order chi connectivity index (χ1) is 18.1. The molecule has 37 heavy (non-hydrogen) atoms. The van der Waals surface area contributed by atoms with Crippen molar-refractivity contribution < 1.29 is 19.2 Å². The van der Waals surface area contributed by atoms with Crippen molar-refractivity contribution in [1.82, 2.24) is 0 Å². The Morgan fingerprint density at radius 1 is 0.757 bits per heavy atom. The summed E-state index contributed by atoms with van der Waals surface area (Å²) >= 11 is 6.15. The number of benzene rings is 4. The van der Waals surface area contributed by atoms with Crippen LogP contribution in [0.15, 0.2) is 109 Å². The lowest BCUT2D eigenvalue weighted by Crippen LogP contribution is -2.37. The molecule has 0 unspecified atom stereocenters. The molecule has 0 saturated carbocycles. The predicted molar refractivity (Wildman–Crippen MR) is 141 cm³/mol. The molecule has 0 bridgehead atoms. The lowest BCUT2D eigenvalue weighted by Gasteiger charge is -2.29. The average Bonchev–Trinajstić information content (AvgIpc) is 3.44.